The molecule has 134 valence electrons. The van der Waals surface area contributed by atoms with E-state index in [1.165, 1.54) is 30.2 Å². The van der Waals surface area contributed by atoms with Gasteiger partial charge in [0.1, 0.15) is 5.37 Å². The van der Waals surface area contributed by atoms with E-state index in [4.69, 9.17) is 4.74 Å². The van der Waals surface area contributed by atoms with E-state index < -0.39 is 35.5 Å². The number of hydrogen-bond donors (Lipinski definition) is 2. The van der Waals surface area contributed by atoms with Crippen molar-refractivity contribution in [2.45, 2.75) is 17.5 Å². The van der Waals surface area contributed by atoms with Gasteiger partial charge in [-0.1, -0.05) is 6.07 Å². The largest absolute Gasteiger partial charge is 1.00 e. The Labute approximate surface area is 200 Å². The molecule has 0 aromatic carbocycles. The maximum atomic E-state index is 12.6. The average molecular weight is 423 g/mol. The first kappa shape index (κ1) is 22.0. The van der Waals surface area contributed by atoms with Gasteiger partial charge in [0, 0.05) is 17.7 Å². The Morgan fingerprint density at radius 1 is 1.54 bits per heavy atom. The van der Waals surface area contributed by atoms with Crippen molar-refractivity contribution in [1.29, 1.82) is 0 Å². The van der Waals surface area contributed by atoms with Gasteiger partial charge < -0.3 is 25.1 Å². The summed E-state index contributed by atoms with van der Waals surface area (Å²) in [7, 11) is 1.28. The molecule has 1 fully saturated rings. The third kappa shape index (κ3) is 3.69. The molecule has 2 aliphatic heterocycles. The molecule has 8 nitrogen and oxygen atoms in total. The summed E-state index contributed by atoms with van der Waals surface area (Å²) in [6.45, 7) is -0.489. The molecule has 0 spiro atoms. The van der Waals surface area contributed by atoms with Gasteiger partial charge in [0.2, 0.25) is 5.91 Å². The van der Waals surface area contributed by atoms with Crippen LogP contribution in [0.1, 0.15) is 4.88 Å². The summed E-state index contributed by atoms with van der Waals surface area (Å²) in [6, 6.07) is 3.62. The number of carboxylic acid groups (broad SMARTS) is 1. The SMILES string of the molecule is COC1(NC(=O)Cc2cccs2)C(=O)N2C(C(=O)[O-])=C(CO)CS[C@@H]21.[K+]. The molecule has 0 saturated carbocycles. The van der Waals surface area contributed by atoms with E-state index in [1.807, 2.05) is 11.4 Å². The monoisotopic (exact) mass is 422 g/mol. The summed E-state index contributed by atoms with van der Waals surface area (Å²) in [5.74, 6) is -2.45. The number of thioether (sulfide) groups is 1. The van der Waals surface area contributed by atoms with Crippen LogP contribution in [0.15, 0.2) is 28.8 Å². The molecule has 0 radical (unpaired) electrons. The number of aliphatic hydroxyl groups excluding tert-OH is 1. The predicted octanol–water partition coefficient (Wildman–Crippen LogP) is -4.34. The van der Waals surface area contributed by atoms with E-state index in [0.717, 1.165) is 9.78 Å². The predicted molar refractivity (Wildman–Crippen MR) is 88.1 cm³/mol. The van der Waals surface area contributed by atoms with Crippen LogP contribution in [0.2, 0.25) is 0 Å². The third-order valence-electron chi connectivity index (χ3n) is 4.06. The Hall–Kier alpha value is -0.244. The van der Waals surface area contributed by atoms with Gasteiger partial charge in [-0.25, -0.2) is 0 Å². The zero-order valence-corrected chi connectivity index (χ0v) is 18.9. The maximum absolute atomic E-state index is 12.6. The number of aliphatic hydroxyl groups is 1. The van der Waals surface area contributed by atoms with Crippen LogP contribution in [0.3, 0.4) is 0 Å². The van der Waals surface area contributed by atoms with Crippen molar-refractivity contribution in [1.82, 2.24) is 10.2 Å². The van der Waals surface area contributed by atoms with Gasteiger partial charge in [-0.2, -0.15) is 0 Å². The molecule has 26 heavy (non-hydrogen) atoms. The van der Waals surface area contributed by atoms with E-state index in [1.54, 1.807) is 6.07 Å². The molecule has 11 heteroatoms. The first-order valence-corrected chi connectivity index (χ1v) is 9.25. The summed E-state index contributed by atoms with van der Waals surface area (Å²) in [5.41, 5.74) is -1.78. The molecule has 2 amide bonds. The summed E-state index contributed by atoms with van der Waals surface area (Å²) < 4.78 is 5.30. The number of rotatable bonds is 6. The molecule has 1 saturated heterocycles. The number of amides is 2. The van der Waals surface area contributed by atoms with Gasteiger partial charge >= 0.3 is 51.4 Å². The van der Waals surface area contributed by atoms with Gasteiger partial charge in [0.25, 0.3) is 11.6 Å². The third-order valence-corrected chi connectivity index (χ3v) is 6.31. The van der Waals surface area contributed by atoms with Crippen molar-refractivity contribution < 1.29 is 80.7 Å². The van der Waals surface area contributed by atoms with Crippen molar-refractivity contribution in [2.75, 3.05) is 19.5 Å². The van der Waals surface area contributed by atoms with Crippen molar-refractivity contribution in [3.05, 3.63) is 33.7 Å². The molecule has 2 atom stereocenters. The zero-order valence-electron chi connectivity index (χ0n) is 14.2. The van der Waals surface area contributed by atoms with Crippen LogP contribution in [0, 0.1) is 0 Å². The summed E-state index contributed by atoms with van der Waals surface area (Å²) in [6.07, 6.45) is 0.0957. The Morgan fingerprint density at radius 3 is 2.81 bits per heavy atom. The van der Waals surface area contributed by atoms with E-state index in [2.05, 4.69) is 5.32 Å². The van der Waals surface area contributed by atoms with Crippen molar-refractivity contribution >= 4 is 40.9 Å². The number of aliphatic carboxylic acids is 1. The Bertz CT molecular complexity index is 753. The number of nitrogens with one attached hydrogen (secondary N) is 1. The Kier molecular flexibility index (Phi) is 7.50. The number of nitrogens with zero attached hydrogens (tertiary/aromatic N) is 1. The van der Waals surface area contributed by atoms with Gasteiger partial charge in [-0.15, -0.1) is 23.1 Å². The number of carboxylic acids is 1. The van der Waals surface area contributed by atoms with Crippen LogP contribution in [-0.4, -0.2) is 58.4 Å². The topological polar surface area (TPSA) is 119 Å². The Balaban J connectivity index is 0.00000243. The van der Waals surface area contributed by atoms with Gasteiger partial charge in [0.15, 0.2) is 0 Å². The normalized spacial score (nSPS) is 24.5. The minimum Gasteiger partial charge on any atom is -0.543 e. The van der Waals surface area contributed by atoms with Crippen LogP contribution in [0.25, 0.3) is 0 Å². The number of fused-ring (bicyclic) bond motifs is 1. The number of β-lactam (4-membered cyclic amide) rings is 1. The first-order chi connectivity index (χ1) is 11.9. The van der Waals surface area contributed by atoms with E-state index in [-0.39, 0.29) is 74.8 Å². The molecule has 0 bridgehead atoms. The van der Waals surface area contributed by atoms with Gasteiger partial charge in [-0.05, 0) is 17.0 Å². The van der Waals surface area contributed by atoms with E-state index >= 15 is 0 Å². The van der Waals surface area contributed by atoms with Crippen LogP contribution < -0.4 is 61.8 Å². The zero-order chi connectivity index (χ0) is 18.2. The van der Waals surface area contributed by atoms with Crippen LogP contribution in [0.4, 0.5) is 0 Å². The molecule has 1 unspecified atom stereocenters. The molecule has 0 aliphatic carbocycles. The minimum absolute atomic E-state index is 0. The average Bonchev–Trinajstić information content (AvgIpc) is 3.10. The van der Waals surface area contributed by atoms with Crippen molar-refractivity contribution in [2.24, 2.45) is 0 Å². The van der Waals surface area contributed by atoms with Crippen LogP contribution in [0.5, 0.6) is 0 Å². The molecule has 1 aromatic rings. The molecule has 3 heterocycles. The molecule has 1 aromatic heterocycles. The Morgan fingerprint density at radius 2 is 2.27 bits per heavy atom. The summed E-state index contributed by atoms with van der Waals surface area (Å²) >= 11 is 2.63. The standard InChI is InChI=1S/C15H16N2O6S2.K/c1-23-15(16-10(19)5-9-3-2-4-24-9)13(22)17-11(12(20)21)8(6-18)7-25-14(15)17;/h2-4,14,18H,5-7H2,1H3,(H,16,19)(H,20,21);/q;+1/p-1/t14-,15?;/m1./s1. The van der Waals surface area contributed by atoms with Crippen LogP contribution >= 0.6 is 23.1 Å². The minimum atomic E-state index is -1.62. The summed E-state index contributed by atoms with van der Waals surface area (Å²) in [5, 5.41) is 24.4. The smallest absolute Gasteiger partial charge is 0.543 e. The second-order valence-corrected chi connectivity index (χ2v) is 7.58. The number of carbonyl (C=O) groups is 3. The second-order valence-electron chi connectivity index (χ2n) is 5.48. The van der Waals surface area contributed by atoms with E-state index in [0.29, 0.717) is 0 Å². The fourth-order valence-electron chi connectivity index (χ4n) is 2.88. The second kappa shape index (κ2) is 8.84. The number of hydrogen-bond acceptors (Lipinski definition) is 8. The molecule has 2 aliphatic rings. The first-order valence-electron chi connectivity index (χ1n) is 7.32. The fraction of sp³-hybridized carbons (Fsp3) is 0.400. The number of thiophene rings is 1. The van der Waals surface area contributed by atoms with Gasteiger partial charge in [-0.3, -0.25) is 14.5 Å². The summed E-state index contributed by atoms with van der Waals surface area (Å²) in [4.78, 5) is 38.1. The molecular weight excluding hydrogens is 407 g/mol. The number of methoxy groups -OCH3 is 1. The van der Waals surface area contributed by atoms with Crippen molar-refractivity contribution in [3.8, 4) is 0 Å². The van der Waals surface area contributed by atoms with Crippen molar-refractivity contribution in [3.63, 3.8) is 0 Å². The maximum Gasteiger partial charge on any atom is 1.00 e. The number of carbonyl (C=O) groups excluding carboxylic acids is 3. The van der Waals surface area contributed by atoms with Crippen LogP contribution in [-0.2, 0) is 25.5 Å². The molecule has 3 rings (SSSR count). The van der Waals surface area contributed by atoms with E-state index in [9.17, 15) is 24.6 Å². The fourth-order valence-corrected chi connectivity index (χ4v) is 5.01. The van der Waals surface area contributed by atoms with Gasteiger partial charge in [0.05, 0.1) is 24.7 Å². The quantitative estimate of drug-likeness (QED) is 0.270. The molecule has 2 N–H and O–H groups in total. The molecular formula is C15H15KN2O6S2. The number of ether oxygens (including phenoxy) is 1.